The molecule has 362 valence electrons. The molecule has 0 spiro atoms. The summed E-state index contributed by atoms with van der Waals surface area (Å²) in [7, 11) is 0. The highest BCUT2D eigenvalue weighted by Gasteiger charge is 2.19. The molecule has 6 heteroatoms. The number of hydrogen-bond acceptors (Lipinski definition) is 6. The lowest BCUT2D eigenvalue weighted by Gasteiger charge is -2.18. The van der Waals surface area contributed by atoms with Gasteiger partial charge in [-0.2, -0.15) is 0 Å². The standard InChI is InChI=1S/C56H102O6/c1-4-7-10-13-16-19-21-23-25-26-27-28-29-30-31-33-34-37-40-43-46-49-55(58)61-52-53(51-60-54(57)48-45-42-39-36-18-15-12-9-6-3)62-56(59)50-47-44-41-38-35-32-24-22-20-17-14-11-8-5-2/h21-24,26-27,53H,4-20,25,28-52H2,1-3H3/b23-21-,24-22-,27-26-. The number of hydrogen-bond donors (Lipinski definition) is 0. The molecule has 1 atom stereocenters. The van der Waals surface area contributed by atoms with Gasteiger partial charge < -0.3 is 14.2 Å². The minimum atomic E-state index is -0.773. The number of carbonyl (C=O) groups is 3. The van der Waals surface area contributed by atoms with Crippen LogP contribution in [0.2, 0.25) is 0 Å². The highest BCUT2D eigenvalue weighted by molar-refractivity contribution is 5.71. The van der Waals surface area contributed by atoms with E-state index in [1.54, 1.807) is 0 Å². The molecule has 0 fully saturated rings. The van der Waals surface area contributed by atoms with Crippen molar-refractivity contribution in [1.82, 2.24) is 0 Å². The van der Waals surface area contributed by atoms with E-state index in [0.717, 1.165) is 70.6 Å². The van der Waals surface area contributed by atoms with Gasteiger partial charge in [-0.25, -0.2) is 0 Å². The second-order valence-corrected chi connectivity index (χ2v) is 18.1. The van der Waals surface area contributed by atoms with Crippen molar-refractivity contribution in [3.05, 3.63) is 36.5 Å². The van der Waals surface area contributed by atoms with E-state index >= 15 is 0 Å². The van der Waals surface area contributed by atoms with Crippen LogP contribution < -0.4 is 0 Å². The average molecular weight is 871 g/mol. The number of unbranched alkanes of at least 4 members (excludes halogenated alkanes) is 32. The zero-order valence-electron chi connectivity index (χ0n) is 41.4. The summed E-state index contributed by atoms with van der Waals surface area (Å²) in [6.07, 6.45) is 59.9. The minimum Gasteiger partial charge on any atom is -0.462 e. The molecular formula is C56H102O6. The molecule has 0 saturated carbocycles. The molecule has 0 aromatic heterocycles. The van der Waals surface area contributed by atoms with Crippen molar-refractivity contribution in [2.24, 2.45) is 0 Å². The zero-order valence-corrected chi connectivity index (χ0v) is 41.4. The van der Waals surface area contributed by atoms with Crippen molar-refractivity contribution < 1.29 is 28.6 Å². The van der Waals surface area contributed by atoms with Crippen LogP contribution in [0.5, 0.6) is 0 Å². The van der Waals surface area contributed by atoms with Gasteiger partial charge in [-0.1, -0.05) is 224 Å². The molecule has 0 radical (unpaired) electrons. The smallest absolute Gasteiger partial charge is 0.306 e. The molecule has 0 aliphatic heterocycles. The monoisotopic (exact) mass is 871 g/mol. The molecule has 0 saturated heterocycles. The maximum Gasteiger partial charge on any atom is 0.306 e. The fourth-order valence-electron chi connectivity index (χ4n) is 7.76. The molecule has 0 aromatic rings. The Balaban J connectivity index is 4.26. The van der Waals surface area contributed by atoms with E-state index in [-0.39, 0.29) is 31.1 Å². The van der Waals surface area contributed by atoms with E-state index in [1.165, 1.54) is 173 Å². The normalized spacial score (nSPS) is 12.2. The average Bonchev–Trinajstić information content (AvgIpc) is 3.27. The second kappa shape index (κ2) is 51.3. The van der Waals surface area contributed by atoms with Gasteiger partial charge >= 0.3 is 17.9 Å². The fourth-order valence-corrected chi connectivity index (χ4v) is 7.76. The lowest BCUT2D eigenvalue weighted by Crippen LogP contribution is -2.30. The molecule has 0 aliphatic rings. The topological polar surface area (TPSA) is 78.9 Å². The SMILES string of the molecule is CCCCCCC/C=C\C/C=C\CCCCCCCCCCCC(=O)OCC(COC(=O)CCCCCCCCCCC)OC(=O)CCCCCCC/C=C\CCCCCCC. The quantitative estimate of drug-likeness (QED) is 0.0262. The predicted molar refractivity (Wildman–Crippen MR) is 266 cm³/mol. The Morgan fingerprint density at radius 1 is 0.323 bits per heavy atom. The van der Waals surface area contributed by atoms with Crippen molar-refractivity contribution in [2.45, 2.75) is 290 Å². The molecule has 1 unspecified atom stereocenters. The van der Waals surface area contributed by atoms with E-state index < -0.39 is 6.10 Å². The van der Waals surface area contributed by atoms with Crippen LogP contribution in [0, 0.1) is 0 Å². The third-order valence-electron chi connectivity index (χ3n) is 11.9. The number of rotatable bonds is 49. The summed E-state index contributed by atoms with van der Waals surface area (Å²) in [6.45, 7) is 6.61. The summed E-state index contributed by atoms with van der Waals surface area (Å²) < 4.78 is 16.8. The third-order valence-corrected chi connectivity index (χ3v) is 11.9. The van der Waals surface area contributed by atoms with Crippen LogP contribution in [-0.4, -0.2) is 37.2 Å². The van der Waals surface area contributed by atoms with Gasteiger partial charge in [0.15, 0.2) is 6.10 Å². The molecule has 0 heterocycles. The Morgan fingerprint density at radius 2 is 0.581 bits per heavy atom. The minimum absolute atomic E-state index is 0.0742. The first-order valence-electron chi connectivity index (χ1n) is 27.0. The third kappa shape index (κ3) is 48.7. The van der Waals surface area contributed by atoms with Gasteiger partial charge in [0.05, 0.1) is 0 Å². The largest absolute Gasteiger partial charge is 0.462 e. The van der Waals surface area contributed by atoms with E-state index in [1.807, 2.05) is 0 Å². The number of ether oxygens (including phenoxy) is 3. The van der Waals surface area contributed by atoms with Crippen LogP contribution in [0.4, 0.5) is 0 Å². The first kappa shape index (κ1) is 59.6. The van der Waals surface area contributed by atoms with E-state index in [2.05, 4.69) is 57.2 Å². The number of esters is 3. The molecular weight excluding hydrogens is 769 g/mol. The Hall–Kier alpha value is -2.37. The second-order valence-electron chi connectivity index (χ2n) is 18.1. The first-order valence-corrected chi connectivity index (χ1v) is 27.0. The van der Waals surface area contributed by atoms with E-state index in [0.29, 0.717) is 19.3 Å². The summed E-state index contributed by atoms with van der Waals surface area (Å²) in [5.41, 5.74) is 0. The molecule has 0 amide bonds. The molecule has 0 rings (SSSR count). The fraction of sp³-hybridized carbons (Fsp3) is 0.839. The van der Waals surface area contributed by atoms with Crippen molar-refractivity contribution in [2.75, 3.05) is 13.2 Å². The molecule has 0 aromatic carbocycles. The summed E-state index contributed by atoms with van der Waals surface area (Å²) >= 11 is 0. The van der Waals surface area contributed by atoms with Crippen LogP contribution in [0.3, 0.4) is 0 Å². The van der Waals surface area contributed by atoms with Crippen LogP contribution in [0.15, 0.2) is 36.5 Å². The van der Waals surface area contributed by atoms with Gasteiger partial charge in [-0.15, -0.1) is 0 Å². The molecule has 0 bridgehead atoms. The highest BCUT2D eigenvalue weighted by Crippen LogP contribution is 2.15. The van der Waals surface area contributed by atoms with E-state index in [9.17, 15) is 14.4 Å². The van der Waals surface area contributed by atoms with Crippen molar-refractivity contribution >= 4 is 17.9 Å². The zero-order chi connectivity index (χ0) is 45.1. The molecule has 0 aliphatic carbocycles. The van der Waals surface area contributed by atoms with Crippen molar-refractivity contribution in [3.8, 4) is 0 Å². The predicted octanol–water partition coefficient (Wildman–Crippen LogP) is 17.7. The van der Waals surface area contributed by atoms with Gasteiger partial charge in [0.25, 0.3) is 0 Å². The summed E-state index contributed by atoms with van der Waals surface area (Å²) in [5, 5.41) is 0. The molecule has 0 N–H and O–H groups in total. The van der Waals surface area contributed by atoms with Gasteiger partial charge in [0.2, 0.25) is 0 Å². The highest BCUT2D eigenvalue weighted by atomic mass is 16.6. The van der Waals surface area contributed by atoms with Crippen LogP contribution in [-0.2, 0) is 28.6 Å². The van der Waals surface area contributed by atoms with Crippen LogP contribution >= 0.6 is 0 Å². The number of carbonyl (C=O) groups excluding carboxylic acids is 3. The first-order chi connectivity index (χ1) is 30.5. The van der Waals surface area contributed by atoms with Gasteiger partial charge in [0.1, 0.15) is 13.2 Å². The lowest BCUT2D eigenvalue weighted by atomic mass is 10.1. The molecule has 6 nitrogen and oxygen atoms in total. The Kier molecular flexibility index (Phi) is 49.3. The van der Waals surface area contributed by atoms with Gasteiger partial charge in [-0.3, -0.25) is 14.4 Å². The summed E-state index contributed by atoms with van der Waals surface area (Å²) in [5.74, 6) is -0.879. The van der Waals surface area contributed by atoms with Crippen LogP contribution in [0.25, 0.3) is 0 Å². The Bertz CT molecular complexity index is 1050. The Morgan fingerprint density at radius 3 is 0.903 bits per heavy atom. The maximum absolute atomic E-state index is 12.8. The molecule has 62 heavy (non-hydrogen) atoms. The lowest BCUT2D eigenvalue weighted by molar-refractivity contribution is -0.167. The van der Waals surface area contributed by atoms with E-state index in [4.69, 9.17) is 14.2 Å². The summed E-state index contributed by atoms with van der Waals surface area (Å²) in [4.78, 5) is 37.9. The van der Waals surface area contributed by atoms with Crippen molar-refractivity contribution in [3.63, 3.8) is 0 Å². The van der Waals surface area contributed by atoms with Crippen molar-refractivity contribution in [1.29, 1.82) is 0 Å². The van der Waals surface area contributed by atoms with Crippen LogP contribution in [0.1, 0.15) is 284 Å². The summed E-state index contributed by atoms with van der Waals surface area (Å²) in [6, 6.07) is 0. The van der Waals surface area contributed by atoms with Gasteiger partial charge in [0, 0.05) is 19.3 Å². The Labute approximate surface area is 385 Å². The maximum atomic E-state index is 12.8. The number of allylic oxidation sites excluding steroid dienone is 6. The van der Waals surface area contributed by atoms with Gasteiger partial charge in [-0.05, 0) is 77.0 Å².